The zero-order valence-corrected chi connectivity index (χ0v) is 9.87. The average Bonchev–Trinajstić information content (AvgIpc) is 2.27. The van der Waals surface area contributed by atoms with Crippen LogP contribution >= 0.6 is 0 Å². The number of benzene rings is 1. The Labute approximate surface area is 95.7 Å². The highest BCUT2D eigenvalue weighted by molar-refractivity contribution is 7.87. The van der Waals surface area contributed by atoms with Crippen LogP contribution in [0.15, 0.2) is 30.3 Å². The van der Waals surface area contributed by atoms with Gasteiger partial charge in [-0.2, -0.15) is 13.1 Å². The number of hydrogen-bond acceptors (Lipinski definition) is 3. The monoisotopic (exact) mass is 244 g/mol. The molecule has 6 heteroatoms. The van der Waals surface area contributed by atoms with E-state index in [0.717, 1.165) is 5.56 Å². The molecule has 0 bridgehead atoms. The van der Waals surface area contributed by atoms with E-state index < -0.39 is 16.3 Å². The predicted molar refractivity (Wildman–Crippen MR) is 62.0 cm³/mol. The largest absolute Gasteiger partial charge is 0.394 e. The number of nitrogens with one attached hydrogen (secondary N) is 2. The SMILES string of the molecule is CCNS(=O)(=O)N[C@H](CO)c1ccccc1. The molecule has 0 unspecified atom stereocenters. The second-order valence-electron chi connectivity index (χ2n) is 3.27. The molecule has 0 aliphatic heterocycles. The molecule has 1 aromatic carbocycles. The predicted octanol–water partition coefficient (Wildman–Crippen LogP) is 0.164. The standard InChI is InChI=1S/C10H16N2O3S/c1-2-11-16(14,15)12-10(8-13)9-6-4-3-5-7-9/h3-7,10-13H,2,8H2,1H3/t10-/m1/s1. The van der Waals surface area contributed by atoms with Crippen LogP contribution in [-0.2, 0) is 10.2 Å². The van der Waals surface area contributed by atoms with E-state index in [1.807, 2.05) is 6.07 Å². The van der Waals surface area contributed by atoms with Gasteiger partial charge >= 0.3 is 0 Å². The van der Waals surface area contributed by atoms with Gasteiger partial charge in [0.15, 0.2) is 0 Å². The van der Waals surface area contributed by atoms with E-state index in [1.165, 1.54) is 0 Å². The lowest BCUT2D eigenvalue weighted by Gasteiger charge is -2.16. The van der Waals surface area contributed by atoms with Crippen molar-refractivity contribution in [3.05, 3.63) is 35.9 Å². The summed E-state index contributed by atoms with van der Waals surface area (Å²) < 4.78 is 27.6. The Morgan fingerprint density at radius 1 is 1.31 bits per heavy atom. The Morgan fingerprint density at radius 3 is 2.44 bits per heavy atom. The van der Waals surface area contributed by atoms with Crippen LogP contribution in [0.4, 0.5) is 0 Å². The van der Waals surface area contributed by atoms with Gasteiger partial charge in [0.1, 0.15) is 0 Å². The van der Waals surface area contributed by atoms with Crippen LogP contribution in [0.5, 0.6) is 0 Å². The molecule has 0 aliphatic rings. The second-order valence-corrected chi connectivity index (χ2v) is 4.80. The van der Waals surface area contributed by atoms with Crippen molar-refractivity contribution in [2.24, 2.45) is 0 Å². The van der Waals surface area contributed by atoms with Crippen molar-refractivity contribution < 1.29 is 13.5 Å². The normalized spacial score (nSPS) is 13.6. The van der Waals surface area contributed by atoms with Crippen molar-refractivity contribution in [2.75, 3.05) is 13.2 Å². The minimum atomic E-state index is -3.55. The summed E-state index contributed by atoms with van der Waals surface area (Å²) in [5, 5.41) is 9.16. The van der Waals surface area contributed by atoms with Gasteiger partial charge in [-0.25, -0.2) is 4.72 Å². The van der Waals surface area contributed by atoms with Gasteiger partial charge in [0, 0.05) is 6.54 Å². The highest BCUT2D eigenvalue weighted by Gasteiger charge is 2.17. The first-order chi connectivity index (χ1) is 7.59. The molecule has 0 radical (unpaired) electrons. The van der Waals surface area contributed by atoms with E-state index in [1.54, 1.807) is 31.2 Å². The van der Waals surface area contributed by atoms with Gasteiger partial charge in [0.05, 0.1) is 12.6 Å². The summed E-state index contributed by atoms with van der Waals surface area (Å²) in [5.41, 5.74) is 0.728. The van der Waals surface area contributed by atoms with E-state index in [4.69, 9.17) is 5.11 Å². The molecule has 1 rings (SSSR count). The lowest BCUT2D eigenvalue weighted by Crippen LogP contribution is -2.39. The zero-order chi connectivity index (χ0) is 12.0. The summed E-state index contributed by atoms with van der Waals surface area (Å²) in [7, 11) is -3.55. The summed E-state index contributed by atoms with van der Waals surface area (Å²) in [5.74, 6) is 0. The maximum atomic E-state index is 11.4. The quantitative estimate of drug-likeness (QED) is 0.667. The zero-order valence-electron chi connectivity index (χ0n) is 9.05. The van der Waals surface area contributed by atoms with E-state index in [0.29, 0.717) is 6.54 Å². The third-order valence-electron chi connectivity index (χ3n) is 2.02. The van der Waals surface area contributed by atoms with Gasteiger partial charge in [-0.3, -0.25) is 0 Å². The first-order valence-electron chi connectivity index (χ1n) is 5.01. The average molecular weight is 244 g/mol. The van der Waals surface area contributed by atoms with Crippen molar-refractivity contribution in [3.8, 4) is 0 Å². The summed E-state index contributed by atoms with van der Waals surface area (Å²) in [4.78, 5) is 0. The van der Waals surface area contributed by atoms with Gasteiger partial charge in [-0.05, 0) is 5.56 Å². The molecule has 1 aromatic rings. The molecule has 1 atom stereocenters. The lowest BCUT2D eigenvalue weighted by molar-refractivity contribution is 0.258. The number of aliphatic hydroxyl groups excluding tert-OH is 1. The highest BCUT2D eigenvalue weighted by atomic mass is 32.2. The molecule has 0 spiro atoms. The van der Waals surface area contributed by atoms with Crippen molar-refractivity contribution in [3.63, 3.8) is 0 Å². The lowest BCUT2D eigenvalue weighted by atomic mass is 10.1. The third-order valence-corrected chi connectivity index (χ3v) is 3.28. The number of hydrogen-bond donors (Lipinski definition) is 3. The van der Waals surface area contributed by atoms with Gasteiger partial charge < -0.3 is 5.11 Å². The fraction of sp³-hybridized carbons (Fsp3) is 0.400. The van der Waals surface area contributed by atoms with E-state index in [2.05, 4.69) is 9.44 Å². The van der Waals surface area contributed by atoms with Crippen LogP contribution in [0.25, 0.3) is 0 Å². The Morgan fingerprint density at radius 2 is 1.94 bits per heavy atom. The first-order valence-corrected chi connectivity index (χ1v) is 6.50. The molecule has 0 amide bonds. The van der Waals surface area contributed by atoms with E-state index in [-0.39, 0.29) is 6.61 Å². The van der Waals surface area contributed by atoms with Crippen LogP contribution in [0.1, 0.15) is 18.5 Å². The molecular weight excluding hydrogens is 228 g/mol. The van der Waals surface area contributed by atoms with Crippen LogP contribution < -0.4 is 9.44 Å². The van der Waals surface area contributed by atoms with E-state index >= 15 is 0 Å². The molecule has 0 saturated carbocycles. The highest BCUT2D eigenvalue weighted by Crippen LogP contribution is 2.12. The van der Waals surface area contributed by atoms with Crippen molar-refractivity contribution in [1.29, 1.82) is 0 Å². The molecule has 0 saturated heterocycles. The van der Waals surface area contributed by atoms with Crippen LogP contribution in [0.3, 0.4) is 0 Å². The van der Waals surface area contributed by atoms with Gasteiger partial charge in [0.25, 0.3) is 10.2 Å². The Kier molecular flexibility index (Phi) is 4.88. The molecule has 0 aliphatic carbocycles. The van der Waals surface area contributed by atoms with Crippen LogP contribution in [-0.4, -0.2) is 26.7 Å². The van der Waals surface area contributed by atoms with Gasteiger partial charge in [-0.1, -0.05) is 37.3 Å². The fourth-order valence-electron chi connectivity index (χ4n) is 1.32. The minimum Gasteiger partial charge on any atom is -0.394 e. The molecule has 0 heterocycles. The topological polar surface area (TPSA) is 78.4 Å². The summed E-state index contributed by atoms with van der Waals surface area (Å²) in [6.45, 7) is 1.71. The van der Waals surface area contributed by atoms with Gasteiger partial charge in [-0.15, -0.1) is 0 Å². The van der Waals surface area contributed by atoms with Crippen LogP contribution in [0.2, 0.25) is 0 Å². The van der Waals surface area contributed by atoms with Crippen LogP contribution in [0, 0.1) is 0 Å². The smallest absolute Gasteiger partial charge is 0.277 e. The molecule has 90 valence electrons. The molecule has 0 fully saturated rings. The van der Waals surface area contributed by atoms with Crippen molar-refractivity contribution in [2.45, 2.75) is 13.0 Å². The molecule has 3 N–H and O–H groups in total. The number of aliphatic hydroxyl groups is 1. The summed E-state index contributed by atoms with van der Waals surface area (Å²) in [6.07, 6.45) is 0. The van der Waals surface area contributed by atoms with Crippen molar-refractivity contribution in [1.82, 2.24) is 9.44 Å². The molecule has 0 aromatic heterocycles. The first kappa shape index (κ1) is 13.1. The third kappa shape index (κ3) is 3.90. The summed E-state index contributed by atoms with van der Waals surface area (Å²) >= 11 is 0. The molecular formula is C10H16N2O3S. The second kappa shape index (κ2) is 5.95. The maximum absolute atomic E-state index is 11.4. The maximum Gasteiger partial charge on any atom is 0.277 e. The van der Waals surface area contributed by atoms with Gasteiger partial charge in [0.2, 0.25) is 0 Å². The summed E-state index contributed by atoms with van der Waals surface area (Å²) in [6, 6.07) is 8.31. The Hall–Kier alpha value is -0.950. The van der Waals surface area contributed by atoms with Crippen molar-refractivity contribution >= 4 is 10.2 Å². The molecule has 5 nitrogen and oxygen atoms in total. The Bertz CT molecular complexity index is 405. The van der Waals surface area contributed by atoms with E-state index in [9.17, 15) is 8.42 Å². The number of rotatable bonds is 6. The Balaban J connectivity index is 2.78. The minimum absolute atomic E-state index is 0.283. The fourth-order valence-corrected chi connectivity index (χ4v) is 2.36. The molecule has 16 heavy (non-hydrogen) atoms.